The minimum Gasteiger partial charge on any atom is -0.454 e. The lowest BCUT2D eigenvalue weighted by atomic mass is 9.58. The van der Waals surface area contributed by atoms with E-state index in [4.69, 9.17) is 4.74 Å². The molecule has 0 spiro atoms. The molecule has 2 aliphatic rings. The molecule has 1 fully saturated rings. The molecule has 4 atom stereocenters. The Kier molecular flexibility index (Phi) is 5.90. The zero-order valence-corrected chi connectivity index (χ0v) is 17.1. The lowest BCUT2D eigenvalue weighted by Gasteiger charge is -2.48. The Labute approximate surface area is 167 Å². The molecular formula is C24H30O4. The average Bonchev–Trinajstić information content (AvgIpc) is 2.65. The molecule has 28 heavy (non-hydrogen) atoms. The summed E-state index contributed by atoms with van der Waals surface area (Å²) in [7, 11) is 0. The van der Waals surface area contributed by atoms with Gasteiger partial charge in [-0.3, -0.25) is 4.79 Å². The third kappa shape index (κ3) is 3.83. The van der Waals surface area contributed by atoms with Crippen molar-refractivity contribution in [3.05, 3.63) is 53.1 Å². The molecule has 1 N–H and O–H groups in total. The number of rotatable bonds is 4. The van der Waals surface area contributed by atoms with E-state index < -0.39 is 23.6 Å². The number of esters is 1. The maximum atomic E-state index is 12.8. The lowest BCUT2D eigenvalue weighted by molar-refractivity contribution is -0.150. The summed E-state index contributed by atoms with van der Waals surface area (Å²) >= 11 is 0. The van der Waals surface area contributed by atoms with Crippen LogP contribution in [-0.2, 0) is 14.3 Å². The molecule has 0 aromatic heterocycles. The summed E-state index contributed by atoms with van der Waals surface area (Å²) in [6.07, 6.45) is 3.61. The molecule has 2 aliphatic carbocycles. The van der Waals surface area contributed by atoms with Gasteiger partial charge in [-0.25, -0.2) is 4.79 Å². The smallest absolute Gasteiger partial charge is 0.331 e. The Balaban J connectivity index is 1.92. The van der Waals surface area contributed by atoms with Gasteiger partial charge in [0.05, 0.1) is 11.5 Å². The van der Waals surface area contributed by atoms with E-state index in [1.807, 2.05) is 44.2 Å². The van der Waals surface area contributed by atoms with Gasteiger partial charge in [0.1, 0.15) is 11.9 Å². The largest absolute Gasteiger partial charge is 0.454 e. The second kappa shape index (κ2) is 8.04. The number of carbonyl (C=O) groups is 2. The summed E-state index contributed by atoms with van der Waals surface area (Å²) in [5.41, 5.74) is 1.88. The van der Waals surface area contributed by atoms with Crippen LogP contribution in [0.1, 0.15) is 52.5 Å². The molecule has 0 radical (unpaired) electrons. The summed E-state index contributed by atoms with van der Waals surface area (Å²) in [6.45, 7) is 8.04. The molecule has 0 bridgehead atoms. The monoisotopic (exact) mass is 382 g/mol. The van der Waals surface area contributed by atoms with E-state index in [0.29, 0.717) is 5.92 Å². The van der Waals surface area contributed by atoms with Crippen molar-refractivity contribution >= 4 is 17.8 Å². The van der Waals surface area contributed by atoms with Crippen LogP contribution in [0.4, 0.5) is 0 Å². The number of benzene rings is 1. The third-order valence-electron chi connectivity index (χ3n) is 6.48. The Bertz CT molecular complexity index is 805. The molecule has 1 aromatic carbocycles. The highest BCUT2D eigenvalue weighted by atomic mass is 16.5. The van der Waals surface area contributed by atoms with Gasteiger partial charge in [-0.2, -0.15) is 0 Å². The van der Waals surface area contributed by atoms with Crippen LogP contribution in [0.3, 0.4) is 0 Å². The fourth-order valence-electron chi connectivity index (χ4n) is 4.67. The van der Waals surface area contributed by atoms with E-state index >= 15 is 0 Å². The molecule has 4 unspecified atom stereocenters. The van der Waals surface area contributed by atoms with Crippen molar-refractivity contribution in [2.24, 2.45) is 17.3 Å². The minimum atomic E-state index is -0.789. The molecule has 4 nitrogen and oxygen atoms in total. The lowest BCUT2D eigenvalue weighted by Crippen LogP contribution is -2.50. The summed E-state index contributed by atoms with van der Waals surface area (Å²) in [4.78, 5) is 25.4. The van der Waals surface area contributed by atoms with Crippen LogP contribution in [0.15, 0.2) is 47.6 Å². The molecule has 4 heteroatoms. The van der Waals surface area contributed by atoms with Gasteiger partial charge in [-0.15, -0.1) is 0 Å². The van der Waals surface area contributed by atoms with Gasteiger partial charge >= 0.3 is 5.97 Å². The van der Waals surface area contributed by atoms with E-state index in [9.17, 15) is 14.7 Å². The summed E-state index contributed by atoms with van der Waals surface area (Å²) in [5.74, 6) is 0.0559. The van der Waals surface area contributed by atoms with Gasteiger partial charge < -0.3 is 9.84 Å². The Hall–Kier alpha value is -2.20. The van der Waals surface area contributed by atoms with E-state index in [0.717, 1.165) is 29.6 Å². The van der Waals surface area contributed by atoms with Gasteiger partial charge in [-0.1, -0.05) is 44.2 Å². The van der Waals surface area contributed by atoms with Crippen LogP contribution < -0.4 is 0 Å². The summed E-state index contributed by atoms with van der Waals surface area (Å²) in [5, 5.41) is 10.4. The van der Waals surface area contributed by atoms with Crippen molar-refractivity contribution in [2.45, 2.75) is 59.2 Å². The topological polar surface area (TPSA) is 63.6 Å². The number of aliphatic hydroxyl groups is 1. The Morgan fingerprint density at radius 2 is 1.96 bits per heavy atom. The number of ether oxygens (including phenoxy) is 1. The summed E-state index contributed by atoms with van der Waals surface area (Å²) < 4.78 is 5.94. The van der Waals surface area contributed by atoms with E-state index in [1.165, 1.54) is 6.08 Å². The van der Waals surface area contributed by atoms with E-state index in [-0.39, 0.29) is 18.1 Å². The van der Waals surface area contributed by atoms with Crippen molar-refractivity contribution < 1.29 is 19.4 Å². The normalized spacial score (nSPS) is 30.6. The molecule has 150 valence electrons. The molecular weight excluding hydrogens is 352 g/mol. The highest BCUT2D eigenvalue weighted by molar-refractivity contribution is 5.91. The second-order valence-corrected chi connectivity index (χ2v) is 8.62. The van der Waals surface area contributed by atoms with Crippen LogP contribution in [0.25, 0.3) is 6.08 Å². The van der Waals surface area contributed by atoms with E-state index in [1.54, 1.807) is 6.08 Å². The van der Waals surface area contributed by atoms with Crippen molar-refractivity contribution in [2.75, 3.05) is 0 Å². The zero-order chi connectivity index (χ0) is 20.5. The number of ketones is 1. The van der Waals surface area contributed by atoms with Crippen LogP contribution >= 0.6 is 0 Å². The first kappa shape index (κ1) is 20.5. The minimum absolute atomic E-state index is 0.0451. The first-order valence-electron chi connectivity index (χ1n) is 10.1. The third-order valence-corrected chi connectivity index (χ3v) is 6.48. The van der Waals surface area contributed by atoms with Crippen LogP contribution in [-0.4, -0.2) is 29.1 Å². The second-order valence-electron chi connectivity index (χ2n) is 8.62. The van der Waals surface area contributed by atoms with Crippen LogP contribution in [0.5, 0.6) is 0 Å². The van der Waals surface area contributed by atoms with Crippen molar-refractivity contribution in [1.82, 2.24) is 0 Å². The van der Waals surface area contributed by atoms with Crippen molar-refractivity contribution in [1.29, 1.82) is 0 Å². The summed E-state index contributed by atoms with van der Waals surface area (Å²) in [6, 6.07) is 9.58. The molecule has 0 aliphatic heterocycles. The van der Waals surface area contributed by atoms with Gasteiger partial charge in [0, 0.05) is 18.4 Å². The molecule has 0 saturated heterocycles. The predicted molar refractivity (Wildman–Crippen MR) is 109 cm³/mol. The quantitative estimate of drug-likeness (QED) is 0.478. The van der Waals surface area contributed by atoms with Crippen molar-refractivity contribution in [3.63, 3.8) is 0 Å². The fourth-order valence-corrected chi connectivity index (χ4v) is 4.67. The zero-order valence-electron chi connectivity index (χ0n) is 17.1. The Morgan fingerprint density at radius 3 is 2.61 bits per heavy atom. The van der Waals surface area contributed by atoms with Gasteiger partial charge in [0.25, 0.3) is 0 Å². The van der Waals surface area contributed by atoms with Gasteiger partial charge in [0.15, 0.2) is 0 Å². The molecule has 1 aromatic rings. The number of carbonyl (C=O) groups excluding carboxylic acids is 2. The van der Waals surface area contributed by atoms with Gasteiger partial charge in [-0.05, 0) is 55.4 Å². The number of hydrogen-bond donors (Lipinski definition) is 1. The van der Waals surface area contributed by atoms with Crippen LogP contribution in [0.2, 0.25) is 0 Å². The maximum absolute atomic E-state index is 12.8. The van der Waals surface area contributed by atoms with Gasteiger partial charge in [0.2, 0.25) is 0 Å². The van der Waals surface area contributed by atoms with Crippen molar-refractivity contribution in [3.8, 4) is 0 Å². The molecule has 0 heterocycles. The average molecular weight is 383 g/mol. The van der Waals surface area contributed by atoms with E-state index in [2.05, 4.69) is 13.8 Å². The fraction of sp³-hybridized carbons (Fsp3) is 0.500. The standard InChI is InChI=1S/C24H30O4/c1-15(2)18-12-13-24(4)20(26)14-19(25)16(3)22(24)23(18)28-21(27)11-10-17-8-6-5-7-9-17/h5-11,15,18-19,23,25H,12-14H2,1-4H3. The number of fused-ring (bicyclic) bond motifs is 1. The SMILES string of the molecule is CC1=C2C(OC(=O)C=Cc3ccccc3)C(C(C)C)CCC2(C)C(=O)CC1O. The number of aliphatic hydroxyl groups excluding tert-OH is 1. The molecule has 3 rings (SSSR count). The first-order valence-corrected chi connectivity index (χ1v) is 10.1. The van der Waals surface area contributed by atoms with Crippen LogP contribution in [0, 0.1) is 17.3 Å². The predicted octanol–water partition coefficient (Wildman–Crippen LogP) is 4.33. The molecule has 0 amide bonds. The highest BCUT2D eigenvalue weighted by Crippen LogP contribution is 2.51. The highest BCUT2D eigenvalue weighted by Gasteiger charge is 2.52. The maximum Gasteiger partial charge on any atom is 0.331 e. The number of Topliss-reactive ketones (excluding diaryl/α,β-unsaturated/α-hetero) is 1. The number of hydrogen-bond acceptors (Lipinski definition) is 4. The first-order chi connectivity index (χ1) is 13.2. The molecule has 1 saturated carbocycles. The Morgan fingerprint density at radius 1 is 1.29 bits per heavy atom.